The minimum atomic E-state index is -1.30. The molecule has 2 unspecified atom stereocenters. The molecule has 0 heterocycles. The number of esters is 2. The third-order valence-electron chi connectivity index (χ3n) is 4.03. The fourth-order valence-corrected chi connectivity index (χ4v) is 2.52. The quantitative estimate of drug-likeness (QED) is 0.205. The maximum atomic E-state index is 12.1. The van der Waals surface area contributed by atoms with Gasteiger partial charge in [-0.05, 0) is 30.2 Å². The number of aldehydes is 2. The zero-order valence-electron chi connectivity index (χ0n) is 15.1. The van der Waals surface area contributed by atoms with Gasteiger partial charge in [0.1, 0.15) is 18.5 Å². The van der Waals surface area contributed by atoms with Gasteiger partial charge in [0.15, 0.2) is 11.5 Å². The third-order valence-corrected chi connectivity index (χ3v) is 4.03. The van der Waals surface area contributed by atoms with Crippen LogP contribution in [-0.4, -0.2) is 48.4 Å². The highest BCUT2D eigenvalue weighted by Crippen LogP contribution is 2.26. The Hall–Kier alpha value is -3.16. The summed E-state index contributed by atoms with van der Waals surface area (Å²) in [7, 11) is 1.11. The van der Waals surface area contributed by atoms with E-state index < -0.39 is 23.8 Å². The number of benzene rings is 1. The summed E-state index contributed by atoms with van der Waals surface area (Å²) < 4.78 is 9.65. The van der Waals surface area contributed by atoms with E-state index in [9.17, 15) is 29.4 Å². The SMILES string of the molecule is C/C=C(\C=O)C(CC(=O)OCCc1ccc(O)c(O)c1)C(C=O)C(=O)OC. The molecule has 2 N–H and O–H groups in total. The molecular weight excluding hydrogens is 356 g/mol. The van der Waals surface area contributed by atoms with Gasteiger partial charge in [-0.2, -0.15) is 0 Å². The molecule has 0 aliphatic carbocycles. The zero-order chi connectivity index (χ0) is 20.4. The summed E-state index contributed by atoms with van der Waals surface area (Å²) >= 11 is 0. The van der Waals surface area contributed by atoms with Crippen molar-refractivity contribution in [3.8, 4) is 11.5 Å². The van der Waals surface area contributed by atoms with Crippen LogP contribution in [0.2, 0.25) is 0 Å². The highest BCUT2D eigenvalue weighted by molar-refractivity contribution is 5.91. The Morgan fingerprint density at radius 2 is 1.89 bits per heavy atom. The molecule has 0 saturated carbocycles. The topological polar surface area (TPSA) is 127 Å². The predicted molar refractivity (Wildman–Crippen MR) is 93.9 cm³/mol. The fraction of sp³-hybridized carbons (Fsp3) is 0.368. The number of hydrogen-bond acceptors (Lipinski definition) is 8. The molecule has 146 valence electrons. The first-order valence-corrected chi connectivity index (χ1v) is 8.18. The lowest BCUT2D eigenvalue weighted by atomic mass is 9.84. The molecule has 0 radical (unpaired) electrons. The summed E-state index contributed by atoms with van der Waals surface area (Å²) in [5.74, 6) is -4.36. The number of carbonyl (C=O) groups excluding carboxylic acids is 4. The van der Waals surface area contributed by atoms with Crippen LogP contribution in [0.15, 0.2) is 29.8 Å². The van der Waals surface area contributed by atoms with Crippen molar-refractivity contribution in [2.24, 2.45) is 11.8 Å². The lowest BCUT2D eigenvalue weighted by molar-refractivity contribution is -0.150. The Balaban J connectivity index is 2.75. The number of phenols is 2. The van der Waals surface area contributed by atoms with Crippen LogP contribution in [0.4, 0.5) is 0 Å². The van der Waals surface area contributed by atoms with Crippen molar-refractivity contribution < 1.29 is 38.9 Å². The number of methoxy groups -OCH3 is 1. The van der Waals surface area contributed by atoms with Crippen LogP contribution >= 0.6 is 0 Å². The minimum Gasteiger partial charge on any atom is -0.504 e. The molecule has 0 amide bonds. The number of ether oxygens (including phenoxy) is 2. The van der Waals surface area contributed by atoms with Gasteiger partial charge in [-0.1, -0.05) is 12.1 Å². The predicted octanol–water partition coefficient (Wildman–Crippen LogP) is 1.32. The Bertz CT molecular complexity index is 722. The van der Waals surface area contributed by atoms with Crippen LogP contribution in [0.5, 0.6) is 11.5 Å². The average Bonchev–Trinajstić information content (AvgIpc) is 2.65. The summed E-state index contributed by atoms with van der Waals surface area (Å²) in [6.45, 7) is 1.53. The highest BCUT2D eigenvalue weighted by atomic mass is 16.5. The van der Waals surface area contributed by atoms with Crippen LogP contribution in [-0.2, 0) is 35.1 Å². The standard InChI is InChI=1S/C19H22O8/c1-3-13(10-20)14(15(11-21)19(25)26-2)9-18(24)27-7-6-12-4-5-16(22)17(23)8-12/h3-5,8,10-11,14-15,22-23H,6-7,9H2,1-2H3/b13-3+. The summed E-state index contributed by atoms with van der Waals surface area (Å²) in [5.41, 5.74) is 0.759. The van der Waals surface area contributed by atoms with E-state index in [0.717, 1.165) is 7.11 Å². The van der Waals surface area contributed by atoms with Gasteiger partial charge in [0.2, 0.25) is 0 Å². The molecule has 8 heteroatoms. The van der Waals surface area contributed by atoms with Gasteiger partial charge in [0.25, 0.3) is 0 Å². The molecule has 0 saturated heterocycles. The van der Waals surface area contributed by atoms with Crippen molar-refractivity contribution >= 4 is 24.5 Å². The molecule has 0 aliphatic rings. The summed E-state index contributed by atoms with van der Waals surface area (Å²) in [6.07, 6.45) is 2.18. The maximum Gasteiger partial charge on any atom is 0.316 e. The second-order valence-corrected chi connectivity index (χ2v) is 5.70. The first-order chi connectivity index (χ1) is 12.9. The Morgan fingerprint density at radius 3 is 2.41 bits per heavy atom. The largest absolute Gasteiger partial charge is 0.504 e. The molecule has 0 fully saturated rings. The normalized spacial score (nSPS) is 13.3. The second kappa shape index (κ2) is 10.7. The third kappa shape index (κ3) is 6.25. The van der Waals surface area contributed by atoms with Crippen LogP contribution in [0, 0.1) is 11.8 Å². The Kier molecular flexibility index (Phi) is 8.71. The number of hydrogen-bond donors (Lipinski definition) is 2. The summed E-state index contributed by atoms with van der Waals surface area (Å²) in [5, 5.41) is 18.7. The van der Waals surface area contributed by atoms with Crippen LogP contribution in [0.3, 0.4) is 0 Å². The molecule has 1 rings (SSSR count). The number of carbonyl (C=O) groups is 4. The molecular formula is C19H22O8. The average molecular weight is 378 g/mol. The molecule has 8 nitrogen and oxygen atoms in total. The molecule has 0 bridgehead atoms. The molecule has 27 heavy (non-hydrogen) atoms. The monoisotopic (exact) mass is 378 g/mol. The van der Waals surface area contributed by atoms with Crippen molar-refractivity contribution in [1.82, 2.24) is 0 Å². The lowest BCUT2D eigenvalue weighted by Crippen LogP contribution is -2.30. The van der Waals surface area contributed by atoms with E-state index >= 15 is 0 Å². The van der Waals surface area contributed by atoms with Gasteiger partial charge in [0, 0.05) is 12.3 Å². The summed E-state index contributed by atoms with van der Waals surface area (Å²) in [4.78, 5) is 46.4. The van der Waals surface area contributed by atoms with Crippen LogP contribution in [0.25, 0.3) is 0 Å². The maximum absolute atomic E-state index is 12.1. The van der Waals surface area contributed by atoms with Gasteiger partial charge < -0.3 is 24.5 Å². The Labute approximate surface area is 156 Å². The summed E-state index contributed by atoms with van der Waals surface area (Å²) in [6, 6.07) is 4.22. The molecule has 1 aromatic rings. The number of aromatic hydroxyl groups is 2. The van der Waals surface area contributed by atoms with E-state index in [4.69, 9.17) is 4.74 Å². The number of phenolic OH excluding ortho intramolecular Hbond substituents is 2. The highest BCUT2D eigenvalue weighted by Gasteiger charge is 2.33. The van der Waals surface area contributed by atoms with E-state index in [2.05, 4.69) is 4.74 Å². The van der Waals surface area contributed by atoms with Gasteiger partial charge in [0.05, 0.1) is 20.1 Å². The molecule has 0 aliphatic heterocycles. The van der Waals surface area contributed by atoms with Crippen molar-refractivity contribution in [3.63, 3.8) is 0 Å². The van der Waals surface area contributed by atoms with E-state index in [-0.39, 0.29) is 36.5 Å². The van der Waals surface area contributed by atoms with E-state index in [0.29, 0.717) is 18.1 Å². The van der Waals surface area contributed by atoms with Crippen molar-refractivity contribution in [2.75, 3.05) is 13.7 Å². The van der Waals surface area contributed by atoms with Crippen LogP contribution < -0.4 is 0 Å². The van der Waals surface area contributed by atoms with Crippen molar-refractivity contribution in [3.05, 3.63) is 35.4 Å². The lowest BCUT2D eigenvalue weighted by Gasteiger charge is -2.20. The van der Waals surface area contributed by atoms with Gasteiger partial charge >= 0.3 is 11.9 Å². The van der Waals surface area contributed by atoms with Crippen molar-refractivity contribution in [2.45, 2.75) is 19.8 Å². The Morgan fingerprint density at radius 1 is 1.19 bits per heavy atom. The van der Waals surface area contributed by atoms with Crippen LogP contribution in [0.1, 0.15) is 18.9 Å². The second-order valence-electron chi connectivity index (χ2n) is 5.70. The first kappa shape index (κ1) is 21.9. The molecule has 0 aromatic heterocycles. The minimum absolute atomic E-state index is 0.0218. The molecule has 2 atom stereocenters. The number of rotatable bonds is 10. The zero-order valence-corrected chi connectivity index (χ0v) is 15.1. The molecule has 1 aromatic carbocycles. The fourth-order valence-electron chi connectivity index (χ4n) is 2.52. The molecule has 0 spiro atoms. The first-order valence-electron chi connectivity index (χ1n) is 8.18. The van der Waals surface area contributed by atoms with Gasteiger partial charge in [-0.3, -0.25) is 14.4 Å². The van der Waals surface area contributed by atoms with Crippen molar-refractivity contribution in [1.29, 1.82) is 0 Å². The smallest absolute Gasteiger partial charge is 0.316 e. The van der Waals surface area contributed by atoms with Gasteiger partial charge in [-0.15, -0.1) is 0 Å². The van der Waals surface area contributed by atoms with E-state index in [1.54, 1.807) is 13.0 Å². The van der Waals surface area contributed by atoms with Gasteiger partial charge in [-0.25, -0.2) is 0 Å². The van der Waals surface area contributed by atoms with E-state index in [1.807, 2.05) is 0 Å². The van der Waals surface area contributed by atoms with E-state index in [1.165, 1.54) is 18.2 Å². The number of allylic oxidation sites excluding steroid dienone is 2.